The van der Waals surface area contributed by atoms with Gasteiger partial charge in [0.05, 0.1) is 18.2 Å². The number of ether oxygens (including phenoxy) is 2. The molecule has 0 radical (unpaired) electrons. The van der Waals surface area contributed by atoms with Crippen LogP contribution in [0.15, 0.2) is 34.8 Å². The van der Waals surface area contributed by atoms with Crippen LogP contribution in [0.1, 0.15) is 42.6 Å². The summed E-state index contributed by atoms with van der Waals surface area (Å²) in [5.41, 5.74) is 2.57. The molecule has 0 aromatic heterocycles. The van der Waals surface area contributed by atoms with Gasteiger partial charge in [-0.15, -0.1) is 0 Å². The zero-order valence-corrected chi connectivity index (χ0v) is 18.1. The monoisotopic (exact) mass is 448 g/mol. The molecule has 0 saturated carbocycles. The molecule has 7 heteroatoms. The Kier molecular flexibility index (Phi) is 7.87. The maximum atomic E-state index is 12.8. The lowest BCUT2D eigenvalue weighted by molar-refractivity contribution is -0.115. The molecular formula is C21H25BrN2O4. The minimum absolute atomic E-state index is 0.0857. The number of carbonyl (C=O) groups excluding carboxylic acids is 2. The number of methoxy groups -OCH3 is 1. The molecule has 2 rings (SSSR count). The van der Waals surface area contributed by atoms with E-state index in [1.807, 2.05) is 19.9 Å². The van der Waals surface area contributed by atoms with E-state index in [2.05, 4.69) is 26.6 Å². The minimum atomic E-state index is -0.289. The summed E-state index contributed by atoms with van der Waals surface area (Å²) in [6.07, 6.45) is 1.25. The first-order chi connectivity index (χ1) is 13.4. The summed E-state index contributed by atoms with van der Waals surface area (Å²) in [6.45, 7) is 6.24. The third-order valence-corrected chi connectivity index (χ3v) is 4.62. The van der Waals surface area contributed by atoms with Gasteiger partial charge in [0.1, 0.15) is 0 Å². The molecule has 2 aromatic rings. The Hall–Kier alpha value is -2.54. The molecule has 0 saturated heterocycles. The quantitative estimate of drug-likeness (QED) is 0.584. The summed E-state index contributed by atoms with van der Waals surface area (Å²) >= 11 is 3.45. The van der Waals surface area contributed by atoms with Crippen molar-refractivity contribution in [2.24, 2.45) is 0 Å². The van der Waals surface area contributed by atoms with Crippen molar-refractivity contribution >= 4 is 39.1 Å². The van der Waals surface area contributed by atoms with Crippen molar-refractivity contribution in [3.8, 4) is 11.5 Å². The van der Waals surface area contributed by atoms with E-state index in [0.717, 1.165) is 12.0 Å². The molecule has 0 unspecified atom stereocenters. The average Bonchev–Trinajstić information content (AvgIpc) is 2.68. The molecule has 0 aliphatic heterocycles. The molecule has 0 aliphatic carbocycles. The number of nitrogens with one attached hydrogen (secondary N) is 2. The molecular weight excluding hydrogens is 424 g/mol. The van der Waals surface area contributed by atoms with Crippen LogP contribution in [0.2, 0.25) is 0 Å². The lowest BCUT2D eigenvalue weighted by Crippen LogP contribution is -2.14. The Morgan fingerprint density at radius 2 is 1.86 bits per heavy atom. The number of halogens is 1. The summed E-state index contributed by atoms with van der Waals surface area (Å²) in [5.74, 6) is 0.676. The Morgan fingerprint density at radius 3 is 2.50 bits per heavy atom. The highest BCUT2D eigenvalue weighted by molar-refractivity contribution is 9.10. The summed E-state index contributed by atoms with van der Waals surface area (Å²) in [5, 5.41) is 5.68. The number of hydrogen-bond acceptors (Lipinski definition) is 4. The third-order valence-electron chi connectivity index (χ3n) is 4.03. The molecule has 0 bridgehead atoms. The summed E-state index contributed by atoms with van der Waals surface area (Å²) in [4.78, 5) is 24.4. The van der Waals surface area contributed by atoms with E-state index in [1.165, 1.54) is 7.11 Å². The largest absolute Gasteiger partial charge is 0.493 e. The highest BCUT2D eigenvalue weighted by atomic mass is 79.9. The van der Waals surface area contributed by atoms with Crippen molar-refractivity contribution in [1.82, 2.24) is 0 Å². The van der Waals surface area contributed by atoms with Gasteiger partial charge in [0.2, 0.25) is 5.91 Å². The lowest BCUT2D eigenvalue weighted by Gasteiger charge is -2.15. The predicted octanol–water partition coefficient (Wildman–Crippen LogP) is 5.16. The van der Waals surface area contributed by atoms with E-state index in [-0.39, 0.29) is 11.8 Å². The highest BCUT2D eigenvalue weighted by Gasteiger charge is 2.16. The number of amides is 2. The van der Waals surface area contributed by atoms with Gasteiger partial charge in [-0.05, 0) is 59.1 Å². The fourth-order valence-corrected chi connectivity index (χ4v) is 3.03. The van der Waals surface area contributed by atoms with Gasteiger partial charge >= 0.3 is 0 Å². The molecule has 2 amide bonds. The average molecular weight is 449 g/mol. The van der Waals surface area contributed by atoms with Gasteiger partial charge in [-0.1, -0.05) is 19.9 Å². The van der Waals surface area contributed by atoms with Crippen LogP contribution in [0.25, 0.3) is 0 Å². The minimum Gasteiger partial charge on any atom is -0.493 e. The number of aryl methyl sites for hydroxylation is 1. The van der Waals surface area contributed by atoms with Gasteiger partial charge in [-0.25, -0.2) is 0 Å². The van der Waals surface area contributed by atoms with Crippen LogP contribution in [0.3, 0.4) is 0 Å². The van der Waals surface area contributed by atoms with Gasteiger partial charge in [0.25, 0.3) is 5.91 Å². The second-order valence-electron chi connectivity index (χ2n) is 6.22. The van der Waals surface area contributed by atoms with Crippen molar-refractivity contribution in [3.63, 3.8) is 0 Å². The van der Waals surface area contributed by atoms with Crippen molar-refractivity contribution in [2.45, 2.75) is 33.6 Å². The Balaban J connectivity index is 2.26. The van der Waals surface area contributed by atoms with Crippen LogP contribution >= 0.6 is 15.9 Å². The highest BCUT2D eigenvalue weighted by Crippen LogP contribution is 2.37. The van der Waals surface area contributed by atoms with E-state index in [0.29, 0.717) is 45.9 Å². The molecule has 2 N–H and O–H groups in total. The van der Waals surface area contributed by atoms with Crippen LogP contribution in [-0.2, 0) is 4.79 Å². The normalized spacial score (nSPS) is 10.3. The molecule has 150 valence electrons. The molecule has 6 nitrogen and oxygen atoms in total. The summed E-state index contributed by atoms with van der Waals surface area (Å²) in [7, 11) is 1.53. The molecule has 28 heavy (non-hydrogen) atoms. The van der Waals surface area contributed by atoms with E-state index >= 15 is 0 Å². The molecule has 2 aromatic carbocycles. The first kappa shape index (κ1) is 21.8. The van der Waals surface area contributed by atoms with Crippen LogP contribution in [0.4, 0.5) is 11.4 Å². The van der Waals surface area contributed by atoms with Gasteiger partial charge in [0.15, 0.2) is 11.5 Å². The molecule has 0 fully saturated rings. The van der Waals surface area contributed by atoms with Gasteiger partial charge < -0.3 is 20.1 Å². The second kappa shape index (κ2) is 10.1. The number of carbonyl (C=O) groups is 2. The van der Waals surface area contributed by atoms with E-state index < -0.39 is 0 Å². The first-order valence-corrected chi connectivity index (χ1v) is 9.91. The van der Waals surface area contributed by atoms with Crippen LogP contribution in [0, 0.1) is 6.92 Å². The van der Waals surface area contributed by atoms with E-state index in [4.69, 9.17) is 9.47 Å². The Bertz CT molecular complexity index is 868. The van der Waals surface area contributed by atoms with Crippen molar-refractivity contribution in [2.75, 3.05) is 24.4 Å². The zero-order chi connectivity index (χ0) is 20.7. The molecule has 0 aliphatic rings. The fourth-order valence-electron chi connectivity index (χ4n) is 2.47. The predicted molar refractivity (Wildman–Crippen MR) is 115 cm³/mol. The maximum Gasteiger partial charge on any atom is 0.255 e. The molecule has 0 spiro atoms. The topological polar surface area (TPSA) is 76.7 Å². The fraction of sp³-hybridized carbons (Fsp3) is 0.333. The number of anilines is 2. The SMILES string of the molecule is CCCOc1c(Br)cc(C(=O)Nc2cc(NC(=O)CC)ccc2C)cc1OC. The molecule has 0 heterocycles. The first-order valence-electron chi connectivity index (χ1n) is 9.11. The summed E-state index contributed by atoms with van der Waals surface area (Å²) in [6, 6.07) is 8.73. The van der Waals surface area contributed by atoms with Crippen molar-refractivity contribution in [1.29, 1.82) is 0 Å². The van der Waals surface area contributed by atoms with Crippen molar-refractivity contribution in [3.05, 3.63) is 45.9 Å². The van der Waals surface area contributed by atoms with Gasteiger partial charge in [0, 0.05) is 23.4 Å². The molecule has 0 atom stereocenters. The number of hydrogen-bond donors (Lipinski definition) is 2. The van der Waals surface area contributed by atoms with Crippen LogP contribution in [-0.4, -0.2) is 25.5 Å². The van der Waals surface area contributed by atoms with Gasteiger partial charge in [-0.3, -0.25) is 9.59 Å². The van der Waals surface area contributed by atoms with Crippen LogP contribution in [0.5, 0.6) is 11.5 Å². The third kappa shape index (κ3) is 5.48. The second-order valence-corrected chi connectivity index (χ2v) is 7.08. The van der Waals surface area contributed by atoms with Crippen LogP contribution < -0.4 is 20.1 Å². The van der Waals surface area contributed by atoms with Crippen molar-refractivity contribution < 1.29 is 19.1 Å². The van der Waals surface area contributed by atoms with Gasteiger partial charge in [-0.2, -0.15) is 0 Å². The standard InChI is InChI=1S/C21H25BrN2O4/c1-5-9-28-20-16(22)10-14(11-18(20)27-4)21(26)24-17-12-15(8-7-13(17)3)23-19(25)6-2/h7-8,10-12H,5-6,9H2,1-4H3,(H,23,25)(H,24,26). The lowest BCUT2D eigenvalue weighted by atomic mass is 10.1. The maximum absolute atomic E-state index is 12.8. The Morgan fingerprint density at radius 1 is 1.11 bits per heavy atom. The number of benzene rings is 2. The summed E-state index contributed by atoms with van der Waals surface area (Å²) < 4.78 is 11.7. The number of rotatable bonds is 8. The zero-order valence-electron chi connectivity index (χ0n) is 16.5. The Labute approximate surface area is 173 Å². The van der Waals surface area contributed by atoms with E-state index in [9.17, 15) is 9.59 Å². The van der Waals surface area contributed by atoms with E-state index in [1.54, 1.807) is 31.2 Å². The smallest absolute Gasteiger partial charge is 0.255 e.